The maximum atomic E-state index is 11.0. The number of rotatable bonds is 1. The Hall–Kier alpha value is -1.40. The number of fused-ring (bicyclic) bond motifs is 1. The van der Waals surface area contributed by atoms with Gasteiger partial charge in [0.1, 0.15) is 5.58 Å². The van der Waals surface area contributed by atoms with Gasteiger partial charge in [-0.1, -0.05) is 0 Å². The Bertz CT molecular complexity index is 586. The van der Waals surface area contributed by atoms with Gasteiger partial charge in [-0.2, -0.15) is 0 Å². The van der Waals surface area contributed by atoms with Gasteiger partial charge in [0.25, 0.3) is 10.0 Å². The first-order chi connectivity index (χ1) is 6.48. The van der Waals surface area contributed by atoms with Crippen molar-refractivity contribution in [2.24, 2.45) is 5.14 Å². The number of sulfonamides is 1. The highest BCUT2D eigenvalue weighted by Gasteiger charge is 2.15. The van der Waals surface area contributed by atoms with Crippen LogP contribution in [0.25, 0.3) is 11.0 Å². The second-order valence-electron chi connectivity index (χ2n) is 2.99. The van der Waals surface area contributed by atoms with E-state index in [1.807, 2.05) is 0 Å². The zero-order valence-electron chi connectivity index (χ0n) is 7.39. The Labute approximate surface area is 80.6 Å². The quantitative estimate of drug-likeness (QED) is 0.756. The Morgan fingerprint density at radius 3 is 2.71 bits per heavy atom. The highest BCUT2D eigenvalue weighted by molar-refractivity contribution is 7.89. The number of nitrogens with two attached hydrogens (primary N) is 1. The van der Waals surface area contributed by atoms with E-state index in [-0.39, 0.29) is 5.09 Å². The minimum Gasteiger partial charge on any atom is -0.443 e. The minimum atomic E-state index is -3.78. The van der Waals surface area contributed by atoms with E-state index in [1.165, 1.54) is 12.3 Å². The molecule has 0 aliphatic heterocycles. The zero-order valence-corrected chi connectivity index (χ0v) is 8.21. The number of furan rings is 1. The molecule has 0 saturated carbocycles. The highest BCUT2D eigenvalue weighted by Crippen LogP contribution is 2.23. The third-order valence-electron chi connectivity index (χ3n) is 1.86. The summed E-state index contributed by atoms with van der Waals surface area (Å²) < 4.78 is 27.1. The maximum absolute atomic E-state index is 11.0. The molecule has 0 aliphatic carbocycles. The molecule has 0 amide bonds. The molecule has 2 heterocycles. The molecule has 0 unspecified atom stereocenters. The molecule has 0 aromatic carbocycles. The monoisotopic (exact) mass is 212 g/mol. The minimum absolute atomic E-state index is 0.233. The van der Waals surface area contributed by atoms with E-state index in [9.17, 15) is 8.42 Å². The molecule has 0 aliphatic rings. The third kappa shape index (κ3) is 1.38. The molecule has 0 spiro atoms. The summed E-state index contributed by atoms with van der Waals surface area (Å²) in [6.07, 6.45) is 3.12. The SMILES string of the molecule is Cc1cncc2cc(S(N)(=O)=O)oc12. The molecule has 0 atom stereocenters. The van der Waals surface area contributed by atoms with Crippen molar-refractivity contribution in [1.29, 1.82) is 0 Å². The summed E-state index contributed by atoms with van der Waals surface area (Å²) in [5.74, 6) is 0. The van der Waals surface area contributed by atoms with E-state index in [0.29, 0.717) is 11.0 Å². The van der Waals surface area contributed by atoms with Crippen LogP contribution in [0.3, 0.4) is 0 Å². The Morgan fingerprint density at radius 1 is 1.43 bits per heavy atom. The Kier molecular flexibility index (Phi) is 1.83. The first kappa shape index (κ1) is 9.17. The van der Waals surface area contributed by atoms with Gasteiger partial charge in [-0.25, -0.2) is 13.6 Å². The summed E-state index contributed by atoms with van der Waals surface area (Å²) in [7, 11) is -3.78. The molecule has 2 rings (SSSR count). The molecular weight excluding hydrogens is 204 g/mol. The van der Waals surface area contributed by atoms with Crippen LogP contribution in [0.4, 0.5) is 0 Å². The predicted molar refractivity (Wildman–Crippen MR) is 50.1 cm³/mol. The third-order valence-corrected chi connectivity index (χ3v) is 2.62. The summed E-state index contributed by atoms with van der Waals surface area (Å²) in [5.41, 5.74) is 1.28. The smallest absolute Gasteiger partial charge is 0.271 e. The fraction of sp³-hybridized carbons (Fsp3) is 0.125. The maximum Gasteiger partial charge on any atom is 0.271 e. The largest absolute Gasteiger partial charge is 0.443 e. The summed E-state index contributed by atoms with van der Waals surface area (Å²) in [6.45, 7) is 1.78. The van der Waals surface area contributed by atoms with Crippen molar-refractivity contribution in [2.75, 3.05) is 0 Å². The van der Waals surface area contributed by atoms with Crippen molar-refractivity contribution in [3.05, 3.63) is 24.0 Å². The number of aryl methyl sites for hydroxylation is 1. The topological polar surface area (TPSA) is 86.2 Å². The molecular formula is C8H8N2O3S. The lowest BCUT2D eigenvalue weighted by Gasteiger charge is -1.91. The molecule has 2 aromatic rings. The van der Waals surface area contributed by atoms with Gasteiger partial charge in [0.2, 0.25) is 5.09 Å². The van der Waals surface area contributed by atoms with Crippen molar-refractivity contribution in [3.8, 4) is 0 Å². The van der Waals surface area contributed by atoms with Gasteiger partial charge in [-0.05, 0) is 6.92 Å². The van der Waals surface area contributed by atoms with Crippen LogP contribution < -0.4 is 5.14 Å². The first-order valence-electron chi connectivity index (χ1n) is 3.85. The molecule has 2 N–H and O–H groups in total. The van der Waals surface area contributed by atoms with E-state index in [0.717, 1.165) is 5.56 Å². The van der Waals surface area contributed by atoms with Gasteiger partial charge in [0, 0.05) is 29.4 Å². The first-order valence-corrected chi connectivity index (χ1v) is 5.40. The van der Waals surface area contributed by atoms with Crippen LogP contribution in [-0.4, -0.2) is 13.4 Å². The lowest BCUT2D eigenvalue weighted by atomic mass is 10.2. The van der Waals surface area contributed by atoms with Gasteiger partial charge < -0.3 is 4.42 Å². The fourth-order valence-corrected chi connectivity index (χ4v) is 1.70. The van der Waals surface area contributed by atoms with E-state index in [4.69, 9.17) is 9.56 Å². The molecule has 5 nitrogen and oxygen atoms in total. The molecule has 6 heteroatoms. The van der Waals surface area contributed by atoms with Crippen LogP contribution in [0.15, 0.2) is 28.0 Å². The van der Waals surface area contributed by atoms with Gasteiger partial charge in [-0.15, -0.1) is 0 Å². The number of hydrogen-bond donors (Lipinski definition) is 1. The van der Waals surface area contributed by atoms with E-state index in [2.05, 4.69) is 4.98 Å². The van der Waals surface area contributed by atoms with Crippen molar-refractivity contribution < 1.29 is 12.8 Å². The van der Waals surface area contributed by atoms with E-state index in [1.54, 1.807) is 13.1 Å². The molecule has 0 fully saturated rings. The standard InChI is InChI=1S/C8H8N2O3S/c1-5-3-10-4-6-2-7(13-8(5)6)14(9,11)12/h2-4H,1H3,(H2,9,11,12). The van der Waals surface area contributed by atoms with Gasteiger partial charge >= 0.3 is 0 Å². The van der Waals surface area contributed by atoms with Gasteiger partial charge in [0.15, 0.2) is 0 Å². The van der Waals surface area contributed by atoms with Crippen LogP contribution in [-0.2, 0) is 10.0 Å². The number of pyridine rings is 1. The Morgan fingerprint density at radius 2 is 2.14 bits per heavy atom. The normalized spacial score (nSPS) is 12.1. The van der Waals surface area contributed by atoms with E-state index >= 15 is 0 Å². The molecule has 14 heavy (non-hydrogen) atoms. The average Bonchev–Trinajstić information content (AvgIpc) is 2.48. The van der Waals surface area contributed by atoms with Gasteiger partial charge in [-0.3, -0.25) is 4.98 Å². The lowest BCUT2D eigenvalue weighted by molar-refractivity contribution is 0.481. The number of hydrogen-bond acceptors (Lipinski definition) is 4. The number of nitrogens with zero attached hydrogens (tertiary/aromatic N) is 1. The van der Waals surface area contributed by atoms with Crippen molar-refractivity contribution in [3.63, 3.8) is 0 Å². The molecule has 0 saturated heterocycles. The highest BCUT2D eigenvalue weighted by atomic mass is 32.2. The van der Waals surface area contributed by atoms with Crippen molar-refractivity contribution in [1.82, 2.24) is 4.98 Å². The Balaban J connectivity index is 2.81. The van der Waals surface area contributed by atoms with Crippen LogP contribution >= 0.6 is 0 Å². The van der Waals surface area contributed by atoms with Crippen molar-refractivity contribution in [2.45, 2.75) is 12.0 Å². The second-order valence-corrected chi connectivity index (χ2v) is 4.48. The summed E-state index contributed by atoms with van der Waals surface area (Å²) in [4.78, 5) is 3.91. The van der Waals surface area contributed by atoms with E-state index < -0.39 is 10.0 Å². The van der Waals surface area contributed by atoms with Crippen LogP contribution in [0, 0.1) is 6.92 Å². The number of aromatic nitrogens is 1. The van der Waals surface area contributed by atoms with Crippen LogP contribution in [0.5, 0.6) is 0 Å². The second kappa shape index (κ2) is 2.79. The predicted octanol–water partition coefficient (Wildman–Crippen LogP) is 0.784. The molecule has 0 bridgehead atoms. The average molecular weight is 212 g/mol. The van der Waals surface area contributed by atoms with Gasteiger partial charge in [0.05, 0.1) is 0 Å². The lowest BCUT2D eigenvalue weighted by Crippen LogP contribution is -2.10. The summed E-state index contributed by atoms with van der Waals surface area (Å²) in [6, 6.07) is 1.37. The fourth-order valence-electron chi connectivity index (χ4n) is 1.21. The molecule has 74 valence electrons. The number of primary sulfonamides is 1. The summed E-state index contributed by atoms with van der Waals surface area (Å²) >= 11 is 0. The molecule has 2 aromatic heterocycles. The van der Waals surface area contributed by atoms with Crippen LogP contribution in [0.1, 0.15) is 5.56 Å². The zero-order chi connectivity index (χ0) is 10.3. The van der Waals surface area contributed by atoms with Crippen LogP contribution in [0.2, 0.25) is 0 Å². The summed E-state index contributed by atoms with van der Waals surface area (Å²) in [5, 5.41) is 5.33. The molecule has 0 radical (unpaired) electrons. The van der Waals surface area contributed by atoms with Crippen molar-refractivity contribution >= 4 is 21.0 Å².